The highest BCUT2D eigenvalue weighted by molar-refractivity contribution is 5.83. The van der Waals surface area contributed by atoms with E-state index >= 15 is 0 Å². The van der Waals surface area contributed by atoms with Gasteiger partial charge >= 0.3 is 12.0 Å². The Labute approximate surface area is 144 Å². The van der Waals surface area contributed by atoms with E-state index in [0.29, 0.717) is 30.6 Å². The molecule has 2 aromatic rings. The van der Waals surface area contributed by atoms with E-state index in [1.54, 1.807) is 30.1 Å². The first-order valence-electron chi connectivity index (χ1n) is 8.01. The molecule has 1 aromatic carbocycles. The Morgan fingerprint density at radius 1 is 1.44 bits per heavy atom. The molecule has 0 bridgehead atoms. The van der Waals surface area contributed by atoms with Gasteiger partial charge in [0.05, 0.1) is 5.69 Å². The first-order valence-corrected chi connectivity index (χ1v) is 8.01. The van der Waals surface area contributed by atoms with E-state index in [9.17, 15) is 14.0 Å². The van der Waals surface area contributed by atoms with Crippen LogP contribution in [0.25, 0.3) is 11.3 Å². The highest BCUT2D eigenvalue weighted by Crippen LogP contribution is 2.23. The van der Waals surface area contributed by atoms with Gasteiger partial charge in [-0.25, -0.2) is 14.0 Å². The number of carbonyl (C=O) groups excluding carboxylic acids is 1. The molecule has 1 atom stereocenters. The van der Waals surface area contributed by atoms with Crippen LogP contribution in [0.1, 0.15) is 18.4 Å². The number of nitrogens with zero attached hydrogens (tertiary/aromatic N) is 3. The maximum absolute atomic E-state index is 13.5. The highest BCUT2D eigenvalue weighted by Gasteiger charge is 2.33. The largest absolute Gasteiger partial charge is 0.480 e. The lowest BCUT2D eigenvalue weighted by molar-refractivity contribution is -0.141. The minimum absolute atomic E-state index is 0.182. The monoisotopic (exact) mass is 346 g/mol. The smallest absolute Gasteiger partial charge is 0.326 e. The lowest BCUT2D eigenvalue weighted by atomic mass is 10.1. The lowest BCUT2D eigenvalue weighted by Crippen LogP contribution is -2.45. The molecule has 0 unspecified atom stereocenters. The Bertz CT molecular complexity index is 805. The number of likely N-dealkylation sites (tertiary alicyclic amines) is 1. The van der Waals surface area contributed by atoms with E-state index in [-0.39, 0.29) is 12.4 Å². The maximum atomic E-state index is 13.5. The number of carboxylic acid groups (broad SMARTS) is 1. The summed E-state index contributed by atoms with van der Waals surface area (Å²) in [5.74, 6) is -1.35. The third kappa shape index (κ3) is 3.62. The summed E-state index contributed by atoms with van der Waals surface area (Å²) in [7, 11) is 1.75. The Morgan fingerprint density at radius 3 is 2.96 bits per heavy atom. The van der Waals surface area contributed by atoms with Crippen LogP contribution in [-0.4, -0.2) is 44.4 Å². The van der Waals surface area contributed by atoms with E-state index in [2.05, 4.69) is 10.4 Å². The Hall–Kier alpha value is -2.90. The van der Waals surface area contributed by atoms with Crippen molar-refractivity contribution < 1.29 is 19.1 Å². The number of hydrogen-bond acceptors (Lipinski definition) is 3. The number of amides is 2. The Kier molecular flexibility index (Phi) is 4.69. The number of benzene rings is 1. The van der Waals surface area contributed by atoms with Crippen molar-refractivity contribution in [1.82, 2.24) is 20.0 Å². The molecule has 0 radical (unpaired) electrons. The number of aryl methyl sites for hydroxylation is 1. The van der Waals surface area contributed by atoms with Crippen molar-refractivity contribution in [3.05, 3.63) is 41.8 Å². The average molecular weight is 346 g/mol. The van der Waals surface area contributed by atoms with Gasteiger partial charge in [-0.05, 0) is 25.0 Å². The molecule has 132 valence electrons. The molecule has 1 saturated heterocycles. The van der Waals surface area contributed by atoms with Gasteiger partial charge in [0, 0.05) is 37.5 Å². The van der Waals surface area contributed by atoms with Gasteiger partial charge in [-0.1, -0.05) is 12.1 Å². The molecule has 0 saturated carbocycles. The number of halogens is 1. The summed E-state index contributed by atoms with van der Waals surface area (Å²) in [6, 6.07) is 4.89. The molecule has 7 nitrogen and oxygen atoms in total. The highest BCUT2D eigenvalue weighted by atomic mass is 19.1. The van der Waals surface area contributed by atoms with Crippen molar-refractivity contribution in [2.75, 3.05) is 6.54 Å². The number of rotatable bonds is 4. The van der Waals surface area contributed by atoms with Crippen LogP contribution in [0, 0.1) is 5.82 Å². The average Bonchev–Trinajstić information content (AvgIpc) is 3.19. The fourth-order valence-electron chi connectivity index (χ4n) is 3.08. The SMILES string of the molecule is Cn1cc(CNC(=O)N2CCC[C@H]2C(=O)O)c(-c2cccc(F)c2)n1. The van der Waals surface area contributed by atoms with Crippen molar-refractivity contribution in [3.63, 3.8) is 0 Å². The summed E-state index contributed by atoms with van der Waals surface area (Å²) in [6.45, 7) is 0.605. The van der Waals surface area contributed by atoms with Gasteiger partial charge in [-0.3, -0.25) is 4.68 Å². The fourth-order valence-corrected chi connectivity index (χ4v) is 3.08. The molecule has 0 spiro atoms. The predicted molar refractivity (Wildman–Crippen MR) is 88.2 cm³/mol. The van der Waals surface area contributed by atoms with Gasteiger partial charge < -0.3 is 15.3 Å². The second kappa shape index (κ2) is 6.92. The second-order valence-electron chi connectivity index (χ2n) is 6.04. The van der Waals surface area contributed by atoms with Crippen molar-refractivity contribution in [3.8, 4) is 11.3 Å². The van der Waals surface area contributed by atoms with Crippen molar-refractivity contribution >= 4 is 12.0 Å². The van der Waals surface area contributed by atoms with E-state index in [1.807, 2.05) is 0 Å². The van der Waals surface area contributed by atoms with Gasteiger partial charge in [0.15, 0.2) is 0 Å². The normalized spacial score (nSPS) is 16.9. The molecule has 2 heterocycles. The number of aromatic nitrogens is 2. The van der Waals surface area contributed by atoms with E-state index < -0.39 is 18.0 Å². The summed E-state index contributed by atoms with van der Waals surface area (Å²) in [4.78, 5) is 24.8. The molecular formula is C17H19FN4O3. The fraction of sp³-hybridized carbons (Fsp3) is 0.353. The van der Waals surface area contributed by atoms with Crippen LogP contribution in [-0.2, 0) is 18.4 Å². The minimum atomic E-state index is -0.991. The van der Waals surface area contributed by atoms with Crippen molar-refractivity contribution in [2.45, 2.75) is 25.4 Å². The number of nitrogens with one attached hydrogen (secondary N) is 1. The topological polar surface area (TPSA) is 87.5 Å². The molecule has 3 rings (SSSR count). The van der Waals surface area contributed by atoms with Gasteiger partial charge in [0.2, 0.25) is 0 Å². The zero-order chi connectivity index (χ0) is 18.0. The molecule has 25 heavy (non-hydrogen) atoms. The predicted octanol–water partition coefficient (Wildman–Crippen LogP) is 1.98. The van der Waals surface area contributed by atoms with Crippen LogP contribution in [0.5, 0.6) is 0 Å². The Morgan fingerprint density at radius 2 is 2.24 bits per heavy atom. The molecule has 1 aliphatic rings. The minimum Gasteiger partial charge on any atom is -0.480 e. The number of carbonyl (C=O) groups is 2. The van der Waals surface area contributed by atoms with E-state index in [4.69, 9.17) is 5.11 Å². The zero-order valence-corrected chi connectivity index (χ0v) is 13.8. The molecule has 2 N–H and O–H groups in total. The second-order valence-corrected chi connectivity index (χ2v) is 6.04. The number of urea groups is 1. The molecule has 8 heteroatoms. The summed E-state index contributed by atoms with van der Waals surface area (Å²) in [5, 5.41) is 16.2. The summed E-state index contributed by atoms with van der Waals surface area (Å²) >= 11 is 0. The van der Waals surface area contributed by atoms with Crippen molar-refractivity contribution in [2.24, 2.45) is 7.05 Å². The summed E-state index contributed by atoms with van der Waals surface area (Å²) in [6.07, 6.45) is 2.88. The van der Waals surface area contributed by atoms with Gasteiger partial charge in [0.25, 0.3) is 0 Å². The van der Waals surface area contributed by atoms with Crippen LogP contribution in [0.4, 0.5) is 9.18 Å². The van der Waals surface area contributed by atoms with E-state index in [1.165, 1.54) is 17.0 Å². The third-order valence-corrected chi connectivity index (χ3v) is 4.23. The molecule has 1 aromatic heterocycles. The summed E-state index contributed by atoms with van der Waals surface area (Å²) in [5.41, 5.74) is 1.93. The van der Waals surface area contributed by atoms with Crippen LogP contribution in [0.3, 0.4) is 0 Å². The maximum Gasteiger partial charge on any atom is 0.326 e. The van der Waals surface area contributed by atoms with Crippen LogP contribution in [0.15, 0.2) is 30.5 Å². The number of hydrogen-bond donors (Lipinski definition) is 2. The van der Waals surface area contributed by atoms with Crippen LogP contribution in [0.2, 0.25) is 0 Å². The Balaban J connectivity index is 1.74. The standard InChI is InChI=1S/C17H19FN4O3/c1-21-10-12(15(20-21)11-4-2-5-13(18)8-11)9-19-17(25)22-7-3-6-14(22)16(23)24/h2,4-5,8,10,14H,3,6-7,9H2,1H3,(H,19,25)(H,23,24)/t14-/m0/s1. The van der Waals surface area contributed by atoms with Gasteiger partial charge in [-0.15, -0.1) is 0 Å². The quantitative estimate of drug-likeness (QED) is 0.886. The molecular weight excluding hydrogens is 327 g/mol. The zero-order valence-electron chi connectivity index (χ0n) is 13.8. The number of aliphatic carboxylic acids is 1. The van der Waals surface area contributed by atoms with Crippen LogP contribution >= 0.6 is 0 Å². The molecule has 0 aliphatic carbocycles. The van der Waals surface area contributed by atoms with Crippen molar-refractivity contribution in [1.29, 1.82) is 0 Å². The van der Waals surface area contributed by atoms with Gasteiger partial charge in [0.1, 0.15) is 11.9 Å². The lowest BCUT2D eigenvalue weighted by Gasteiger charge is -2.21. The molecule has 1 fully saturated rings. The van der Waals surface area contributed by atoms with Gasteiger partial charge in [-0.2, -0.15) is 5.10 Å². The number of carboxylic acids is 1. The first-order chi connectivity index (χ1) is 12.0. The first kappa shape index (κ1) is 16.9. The molecule has 2 amide bonds. The van der Waals surface area contributed by atoms with E-state index in [0.717, 1.165) is 5.56 Å². The third-order valence-electron chi connectivity index (χ3n) is 4.23. The van der Waals surface area contributed by atoms with Crippen LogP contribution < -0.4 is 5.32 Å². The summed E-state index contributed by atoms with van der Waals surface area (Å²) < 4.78 is 15.1. The molecule has 1 aliphatic heterocycles.